The van der Waals surface area contributed by atoms with Crippen LogP contribution in [-0.4, -0.2) is 26.0 Å². The first-order valence-electron chi connectivity index (χ1n) is 7.05. The summed E-state index contributed by atoms with van der Waals surface area (Å²) in [5, 5.41) is 3.53. The number of hydrogen-bond acceptors (Lipinski definition) is 3. The number of thioether (sulfide) groups is 1. The lowest BCUT2D eigenvalue weighted by Gasteiger charge is -2.12. The lowest BCUT2D eigenvalue weighted by molar-refractivity contribution is 0.200. The monoisotopic (exact) mass is 281 g/mol. The van der Waals surface area contributed by atoms with Gasteiger partial charge in [0.15, 0.2) is 0 Å². The van der Waals surface area contributed by atoms with Gasteiger partial charge in [0, 0.05) is 30.9 Å². The van der Waals surface area contributed by atoms with E-state index >= 15 is 0 Å². The van der Waals surface area contributed by atoms with E-state index in [1.54, 1.807) is 7.11 Å². The van der Waals surface area contributed by atoms with Gasteiger partial charge in [0.1, 0.15) is 0 Å². The minimum absolute atomic E-state index is 0.697. The van der Waals surface area contributed by atoms with Crippen LogP contribution in [0.5, 0.6) is 0 Å². The van der Waals surface area contributed by atoms with Gasteiger partial charge in [-0.25, -0.2) is 0 Å². The average molecular weight is 281 g/mol. The SMILES string of the molecule is COCCCSc1ccc(C)cc1CNCC(C)C. The van der Waals surface area contributed by atoms with E-state index in [1.165, 1.54) is 16.0 Å². The molecule has 2 nitrogen and oxygen atoms in total. The van der Waals surface area contributed by atoms with Crippen LogP contribution in [0.25, 0.3) is 0 Å². The molecule has 0 heterocycles. The molecule has 1 aromatic rings. The molecule has 0 aliphatic heterocycles. The fourth-order valence-electron chi connectivity index (χ4n) is 1.87. The molecule has 1 rings (SSSR count). The zero-order valence-corrected chi connectivity index (χ0v) is 13.5. The second-order valence-electron chi connectivity index (χ2n) is 5.33. The highest BCUT2D eigenvalue weighted by Gasteiger charge is 2.04. The highest BCUT2D eigenvalue weighted by molar-refractivity contribution is 7.99. The highest BCUT2D eigenvalue weighted by Crippen LogP contribution is 2.24. The van der Waals surface area contributed by atoms with Gasteiger partial charge in [-0.2, -0.15) is 0 Å². The predicted octanol–water partition coefficient (Wildman–Crippen LogP) is 3.87. The molecule has 0 aliphatic carbocycles. The van der Waals surface area contributed by atoms with Crippen molar-refractivity contribution in [3.05, 3.63) is 29.3 Å². The third-order valence-electron chi connectivity index (χ3n) is 2.83. The van der Waals surface area contributed by atoms with Crippen molar-refractivity contribution in [2.75, 3.05) is 26.0 Å². The van der Waals surface area contributed by atoms with Crippen molar-refractivity contribution in [1.29, 1.82) is 0 Å². The Kier molecular flexibility index (Phi) is 8.19. The lowest BCUT2D eigenvalue weighted by atomic mass is 10.1. The van der Waals surface area contributed by atoms with Gasteiger partial charge in [-0.15, -0.1) is 11.8 Å². The first-order chi connectivity index (χ1) is 9.13. The summed E-state index contributed by atoms with van der Waals surface area (Å²) < 4.78 is 5.09. The maximum absolute atomic E-state index is 5.09. The van der Waals surface area contributed by atoms with E-state index in [2.05, 4.69) is 44.3 Å². The van der Waals surface area contributed by atoms with Crippen LogP contribution in [0.2, 0.25) is 0 Å². The largest absolute Gasteiger partial charge is 0.385 e. The number of rotatable bonds is 9. The number of nitrogens with one attached hydrogen (secondary N) is 1. The minimum Gasteiger partial charge on any atom is -0.385 e. The summed E-state index contributed by atoms with van der Waals surface area (Å²) in [6.45, 7) is 9.52. The van der Waals surface area contributed by atoms with Gasteiger partial charge in [0.25, 0.3) is 0 Å². The molecule has 3 heteroatoms. The normalized spacial score (nSPS) is 11.2. The van der Waals surface area contributed by atoms with Crippen LogP contribution in [-0.2, 0) is 11.3 Å². The van der Waals surface area contributed by atoms with E-state index in [4.69, 9.17) is 4.74 Å². The molecule has 0 amide bonds. The lowest BCUT2D eigenvalue weighted by Crippen LogP contribution is -2.19. The maximum atomic E-state index is 5.09. The average Bonchev–Trinajstić information content (AvgIpc) is 2.36. The number of hydrogen-bond donors (Lipinski definition) is 1. The molecular formula is C16H27NOS. The van der Waals surface area contributed by atoms with Gasteiger partial charge < -0.3 is 10.1 Å². The van der Waals surface area contributed by atoms with Crippen LogP contribution in [0.4, 0.5) is 0 Å². The fourth-order valence-corrected chi connectivity index (χ4v) is 2.83. The Morgan fingerprint density at radius 2 is 2.11 bits per heavy atom. The molecule has 0 radical (unpaired) electrons. The van der Waals surface area contributed by atoms with Crippen LogP contribution in [0.1, 0.15) is 31.4 Å². The molecule has 0 saturated carbocycles. The van der Waals surface area contributed by atoms with E-state index < -0.39 is 0 Å². The summed E-state index contributed by atoms with van der Waals surface area (Å²) in [7, 11) is 1.76. The topological polar surface area (TPSA) is 21.3 Å². The minimum atomic E-state index is 0.697. The van der Waals surface area contributed by atoms with E-state index in [-0.39, 0.29) is 0 Å². The van der Waals surface area contributed by atoms with Crippen molar-refractivity contribution in [3.8, 4) is 0 Å². The summed E-state index contributed by atoms with van der Waals surface area (Å²) in [6.07, 6.45) is 1.11. The third kappa shape index (κ3) is 7.00. The van der Waals surface area contributed by atoms with Crippen molar-refractivity contribution < 1.29 is 4.74 Å². The molecule has 1 N–H and O–H groups in total. The molecule has 19 heavy (non-hydrogen) atoms. The quantitative estimate of drug-likeness (QED) is 0.548. The number of ether oxygens (including phenoxy) is 1. The summed E-state index contributed by atoms with van der Waals surface area (Å²) in [5.74, 6) is 1.82. The summed E-state index contributed by atoms with van der Waals surface area (Å²) in [5.41, 5.74) is 2.76. The van der Waals surface area contributed by atoms with E-state index in [0.29, 0.717) is 5.92 Å². The van der Waals surface area contributed by atoms with Crippen molar-refractivity contribution >= 4 is 11.8 Å². The number of aryl methyl sites for hydroxylation is 1. The zero-order valence-electron chi connectivity index (χ0n) is 12.7. The Morgan fingerprint density at radius 1 is 1.32 bits per heavy atom. The Hall–Kier alpha value is -0.510. The van der Waals surface area contributed by atoms with Crippen LogP contribution < -0.4 is 5.32 Å². The van der Waals surface area contributed by atoms with E-state index in [9.17, 15) is 0 Å². The summed E-state index contributed by atoms with van der Waals surface area (Å²) in [6, 6.07) is 6.75. The molecule has 0 spiro atoms. The van der Waals surface area contributed by atoms with E-state index in [0.717, 1.165) is 31.9 Å². The van der Waals surface area contributed by atoms with Crippen LogP contribution in [0, 0.1) is 12.8 Å². The molecule has 108 valence electrons. The molecule has 0 bridgehead atoms. The van der Waals surface area contributed by atoms with Crippen LogP contribution >= 0.6 is 11.8 Å². The highest BCUT2D eigenvalue weighted by atomic mass is 32.2. The molecule has 0 saturated heterocycles. The predicted molar refractivity (Wildman–Crippen MR) is 84.9 cm³/mol. The van der Waals surface area contributed by atoms with Crippen molar-refractivity contribution in [1.82, 2.24) is 5.32 Å². The molecule has 1 aromatic carbocycles. The second-order valence-corrected chi connectivity index (χ2v) is 6.47. The van der Waals surface area contributed by atoms with Crippen molar-refractivity contribution in [2.24, 2.45) is 5.92 Å². The number of methoxy groups -OCH3 is 1. The fraction of sp³-hybridized carbons (Fsp3) is 0.625. The van der Waals surface area contributed by atoms with E-state index in [1.807, 2.05) is 11.8 Å². The molecule has 0 aliphatic rings. The summed E-state index contributed by atoms with van der Waals surface area (Å²) >= 11 is 1.93. The van der Waals surface area contributed by atoms with Gasteiger partial charge in [-0.05, 0) is 37.4 Å². The zero-order chi connectivity index (χ0) is 14.1. The van der Waals surface area contributed by atoms with Gasteiger partial charge in [0.05, 0.1) is 0 Å². The molecule has 0 fully saturated rings. The van der Waals surface area contributed by atoms with Gasteiger partial charge in [-0.1, -0.05) is 31.5 Å². The Bertz CT molecular complexity index is 366. The smallest absolute Gasteiger partial charge is 0.0470 e. The Balaban J connectivity index is 2.53. The van der Waals surface area contributed by atoms with Gasteiger partial charge >= 0.3 is 0 Å². The molecule has 0 aromatic heterocycles. The van der Waals surface area contributed by atoms with Crippen molar-refractivity contribution in [3.63, 3.8) is 0 Å². The maximum Gasteiger partial charge on any atom is 0.0470 e. The molecule has 0 unspecified atom stereocenters. The Morgan fingerprint density at radius 3 is 2.79 bits per heavy atom. The van der Waals surface area contributed by atoms with Gasteiger partial charge in [-0.3, -0.25) is 0 Å². The van der Waals surface area contributed by atoms with Crippen molar-refractivity contribution in [2.45, 2.75) is 38.6 Å². The first kappa shape index (κ1) is 16.5. The first-order valence-corrected chi connectivity index (χ1v) is 8.04. The standard InChI is InChI=1S/C16H27NOS/c1-13(2)11-17-12-15-10-14(3)6-7-16(15)19-9-5-8-18-4/h6-7,10,13,17H,5,8-9,11-12H2,1-4H3. The molecule has 0 atom stereocenters. The van der Waals surface area contributed by atoms with Gasteiger partial charge in [0.2, 0.25) is 0 Å². The number of benzene rings is 1. The van der Waals surface area contributed by atoms with Crippen LogP contribution in [0.3, 0.4) is 0 Å². The third-order valence-corrected chi connectivity index (χ3v) is 4.04. The Labute approximate surface area is 122 Å². The van der Waals surface area contributed by atoms with Crippen LogP contribution in [0.15, 0.2) is 23.1 Å². The summed E-state index contributed by atoms with van der Waals surface area (Å²) in [4.78, 5) is 1.40. The molecular weight excluding hydrogens is 254 g/mol. The second kappa shape index (κ2) is 9.40.